The van der Waals surface area contributed by atoms with E-state index in [0.29, 0.717) is 16.9 Å². The minimum atomic E-state index is -2.14. The zero-order valence-corrected chi connectivity index (χ0v) is 17.6. The van der Waals surface area contributed by atoms with Gasteiger partial charge in [-0.25, -0.2) is 0 Å². The van der Waals surface area contributed by atoms with Gasteiger partial charge in [0, 0.05) is 10.0 Å². The number of hydrogen-bond acceptors (Lipinski definition) is 6. The Morgan fingerprint density at radius 2 is 1.90 bits per heavy atom. The summed E-state index contributed by atoms with van der Waals surface area (Å²) in [6.07, 6.45) is 1.72. The Balaban J connectivity index is 1.86. The summed E-state index contributed by atoms with van der Waals surface area (Å²) in [7, 11) is 1.25. The van der Waals surface area contributed by atoms with Crippen molar-refractivity contribution in [1.29, 1.82) is 0 Å². The molecule has 1 saturated heterocycles. The van der Waals surface area contributed by atoms with Crippen LogP contribution in [-0.4, -0.2) is 41.8 Å². The molecule has 1 N–H and O–H groups in total. The number of rotatable bonds is 3. The summed E-state index contributed by atoms with van der Waals surface area (Å²) in [5, 5.41) is 11.8. The second kappa shape index (κ2) is 6.62. The normalized spacial score (nSPS) is 31.5. The number of methoxy groups -OCH3 is 1. The summed E-state index contributed by atoms with van der Waals surface area (Å²) in [6, 6.07) is 16.3. The van der Waals surface area contributed by atoms with Crippen molar-refractivity contribution in [3.05, 3.63) is 82.0 Å². The fraction of sp³-hybridized carbons (Fsp3) is 0.261. The maximum atomic E-state index is 14.0. The van der Waals surface area contributed by atoms with Gasteiger partial charge in [0.15, 0.2) is 5.60 Å². The Morgan fingerprint density at radius 3 is 2.57 bits per heavy atom. The molecule has 1 saturated carbocycles. The lowest BCUT2D eigenvalue weighted by molar-refractivity contribution is -0.155. The predicted molar refractivity (Wildman–Crippen MR) is 112 cm³/mol. The summed E-state index contributed by atoms with van der Waals surface area (Å²) < 4.78 is 12.3. The van der Waals surface area contributed by atoms with Gasteiger partial charge >= 0.3 is 5.97 Å². The van der Waals surface area contributed by atoms with Crippen LogP contribution < -0.4 is 0 Å². The van der Waals surface area contributed by atoms with Crippen LogP contribution in [0.5, 0.6) is 0 Å². The summed E-state index contributed by atoms with van der Waals surface area (Å²) in [5.74, 6) is -2.95. The van der Waals surface area contributed by atoms with Gasteiger partial charge in [-0.3, -0.25) is 14.6 Å². The smallest absolute Gasteiger partial charge is 0.313 e. The minimum Gasteiger partial charge on any atom is -0.472 e. The molecule has 2 bridgehead atoms. The van der Waals surface area contributed by atoms with Crippen molar-refractivity contribution in [2.45, 2.75) is 17.1 Å². The van der Waals surface area contributed by atoms with Crippen molar-refractivity contribution in [2.75, 3.05) is 13.7 Å². The molecule has 1 aliphatic carbocycles. The average Bonchev–Trinajstić information content (AvgIpc) is 3.28. The number of carbonyl (C=O) groups excluding carboxylic acids is 2. The first-order valence-electron chi connectivity index (χ1n) is 9.55. The Bertz CT molecular complexity index is 1110. The fourth-order valence-corrected chi connectivity index (χ4v) is 5.22. The molecule has 5 rings (SSSR count). The molecule has 2 fully saturated rings. The van der Waals surface area contributed by atoms with Crippen LogP contribution in [0.4, 0.5) is 0 Å². The number of benzene rings is 2. The molecule has 2 aliphatic heterocycles. The Hall–Kier alpha value is -2.77. The Kier molecular flexibility index (Phi) is 4.24. The maximum absolute atomic E-state index is 14.0. The van der Waals surface area contributed by atoms with E-state index >= 15 is 0 Å². The number of ketones is 1. The number of halogens is 1. The molecular formula is C23H18BrNO5. The molecule has 30 heavy (non-hydrogen) atoms. The predicted octanol–water partition coefficient (Wildman–Crippen LogP) is 2.90. The summed E-state index contributed by atoms with van der Waals surface area (Å²) in [6.45, 7) is 0.278. The van der Waals surface area contributed by atoms with Crippen LogP contribution in [0, 0.1) is 5.92 Å². The topological polar surface area (TPSA) is 85.2 Å². The molecule has 2 aromatic carbocycles. The number of carbonyl (C=O) groups is 2. The van der Waals surface area contributed by atoms with Crippen LogP contribution in [0.2, 0.25) is 0 Å². The summed E-state index contributed by atoms with van der Waals surface area (Å²) >= 11 is 3.42. The lowest BCUT2D eigenvalue weighted by atomic mass is 9.75. The van der Waals surface area contributed by atoms with E-state index in [1.807, 2.05) is 30.3 Å². The zero-order valence-electron chi connectivity index (χ0n) is 16.0. The van der Waals surface area contributed by atoms with Crippen molar-refractivity contribution in [1.82, 2.24) is 0 Å². The highest BCUT2D eigenvalue weighted by Crippen LogP contribution is 2.62. The number of hydrogen-bond donors (Lipinski definition) is 1. The Labute approximate surface area is 181 Å². The van der Waals surface area contributed by atoms with Crippen LogP contribution in [-0.2, 0) is 24.7 Å². The quantitative estimate of drug-likeness (QED) is 0.701. The number of aliphatic imine (C=N–C) groups is 1. The molecule has 3 aliphatic rings. The first-order chi connectivity index (χ1) is 14.4. The van der Waals surface area contributed by atoms with Crippen LogP contribution in [0.3, 0.4) is 0 Å². The zero-order chi connectivity index (χ0) is 21.1. The largest absolute Gasteiger partial charge is 0.472 e. The third-order valence-corrected chi connectivity index (χ3v) is 6.71. The van der Waals surface area contributed by atoms with E-state index in [-0.39, 0.29) is 12.3 Å². The first-order valence-corrected chi connectivity index (χ1v) is 10.3. The van der Waals surface area contributed by atoms with Gasteiger partial charge in [-0.1, -0.05) is 58.4 Å². The molecule has 0 amide bonds. The van der Waals surface area contributed by atoms with Crippen LogP contribution in [0.15, 0.2) is 75.9 Å². The van der Waals surface area contributed by atoms with Gasteiger partial charge < -0.3 is 14.6 Å². The highest BCUT2D eigenvalue weighted by atomic mass is 79.9. The van der Waals surface area contributed by atoms with E-state index in [9.17, 15) is 14.7 Å². The molecule has 0 radical (unpaired) electrons. The van der Waals surface area contributed by atoms with Crippen LogP contribution >= 0.6 is 15.9 Å². The van der Waals surface area contributed by atoms with Gasteiger partial charge in [0.05, 0.1) is 19.6 Å². The van der Waals surface area contributed by atoms with Crippen molar-refractivity contribution >= 4 is 33.4 Å². The van der Waals surface area contributed by atoms with Gasteiger partial charge in [0.1, 0.15) is 17.4 Å². The van der Waals surface area contributed by atoms with Crippen LogP contribution in [0.25, 0.3) is 0 Å². The number of esters is 1. The Morgan fingerprint density at radius 1 is 1.20 bits per heavy atom. The number of nitrogens with zero attached hydrogens (tertiary/aromatic N) is 1. The van der Waals surface area contributed by atoms with E-state index < -0.39 is 34.8 Å². The van der Waals surface area contributed by atoms with E-state index in [1.165, 1.54) is 7.11 Å². The molecule has 4 atom stereocenters. The number of ether oxygens (including phenoxy) is 2. The summed E-state index contributed by atoms with van der Waals surface area (Å²) in [5.41, 5.74) is -2.37. The average molecular weight is 468 g/mol. The van der Waals surface area contributed by atoms with Gasteiger partial charge in [0.25, 0.3) is 0 Å². The highest BCUT2D eigenvalue weighted by Gasteiger charge is 2.78. The molecular weight excluding hydrogens is 450 g/mol. The van der Waals surface area contributed by atoms with Gasteiger partial charge in [-0.2, -0.15) is 0 Å². The second-order valence-corrected chi connectivity index (χ2v) is 8.50. The molecule has 2 aromatic rings. The maximum Gasteiger partial charge on any atom is 0.313 e. The van der Waals surface area contributed by atoms with Gasteiger partial charge in [-0.05, 0) is 23.8 Å². The van der Waals surface area contributed by atoms with E-state index in [0.717, 1.165) is 4.47 Å². The third kappa shape index (κ3) is 2.30. The van der Waals surface area contributed by atoms with Gasteiger partial charge in [-0.15, -0.1) is 0 Å². The lowest BCUT2D eigenvalue weighted by Gasteiger charge is -2.39. The lowest BCUT2D eigenvalue weighted by Crippen LogP contribution is -2.57. The highest BCUT2D eigenvalue weighted by molar-refractivity contribution is 9.10. The number of fused-ring (bicyclic) bond motifs is 4. The van der Waals surface area contributed by atoms with E-state index in [1.54, 1.807) is 30.3 Å². The van der Waals surface area contributed by atoms with Crippen molar-refractivity contribution < 1.29 is 24.2 Å². The summed E-state index contributed by atoms with van der Waals surface area (Å²) in [4.78, 5) is 31.3. The molecule has 0 spiro atoms. The number of Topliss-reactive ketones (excluding diaryl/α,β-unsaturated/α-hetero) is 1. The van der Waals surface area contributed by atoms with E-state index in [4.69, 9.17) is 9.47 Å². The van der Waals surface area contributed by atoms with Crippen LogP contribution in [0.1, 0.15) is 17.0 Å². The standard InChI is InChI=1S/C23H18BrNO5/c1-29-20(26)18-17(13-5-3-2-4-6-13)23(14-7-9-15(24)10-8-14)21(27)22(18,28)19-16(30-23)11-12-25-19/h2-11,17-18,28H,12H2,1H3/t17-,18+,22-,23+/m1/s1. The fourth-order valence-electron chi connectivity index (χ4n) is 4.96. The molecule has 6 nitrogen and oxygen atoms in total. The number of aliphatic hydroxyl groups is 1. The van der Waals surface area contributed by atoms with Gasteiger partial charge in [0.2, 0.25) is 11.4 Å². The molecule has 2 heterocycles. The molecule has 0 unspecified atom stereocenters. The van der Waals surface area contributed by atoms with Crippen molar-refractivity contribution in [2.24, 2.45) is 10.9 Å². The monoisotopic (exact) mass is 467 g/mol. The molecule has 152 valence electrons. The SMILES string of the molecule is COC(=O)[C@@H]1[C@@H](c2ccccc2)[C@]2(c3ccc(Br)cc3)OC3=CCN=C3[C@@]1(O)C2=O. The third-order valence-electron chi connectivity index (χ3n) is 6.18. The molecule has 0 aromatic heterocycles. The second-order valence-electron chi connectivity index (χ2n) is 7.59. The molecule has 7 heteroatoms. The minimum absolute atomic E-state index is 0.106. The van der Waals surface area contributed by atoms with Crippen molar-refractivity contribution in [3.63, 3.8) is 0 Å². The first kappa shape index (κ1) is 19.2. The van der Waals surface area contributed by atoms with Crippen molar-refractivity contribution in [3.8, 4) is 0 Å². The van der Waals surface area contributed by atoms with E-state index in [2.05, 4.69) is 20.9 Å².